The third-order valence-electron chi connectivity index (χ3n) is 3.45. The Morgan fingerprint density at radius 2 is 1.62 bits per heavy atom. The number of carbonyl (C=O) groups excluding carboxylic acids is 1. The van der Waals surface area contributed by atoms with E-state index in [1.807, 2.05) is 37.3 Å². The molecular weight excluding hydrogens is 436 g/mol. The number of hydrogen-bond acceptors (Lipinski definition) is 3. The lowest BCUT2D eigenvalue weighted by Gasteiger charge is -2.20. The van der Waals surface area contributed by atoms with Crippen LogP contribution in [0.3, 0.4) is 0 Å². The maximum Gasteiger partial charge on any atom is 0.349 e. The van der Waals surface area contributed by atoms with E-state index >= 15 is 0 Å². The molecule has 0 fully saturated rings. The molecule has 0 unspecified atom stereocenters. The highest BCUT2D eigenvalue weighted by molar-refractivity contribution is 9.10. The zero-order valence-electron chi connectivity index (χ0n) is 14.2. The first-order valence-corrected chi connectivity index (χ1v) is 9.15. The molecule has 0 radical (unpaired) electrons. The molecule has 24 heavy (non-hydrogen) atoms. The van der Waals surface area contributed by atoms with E-state index in [9.17, 15) is 4.79 Å². The van der Waals surface area contributed by atoms with Crippen LogP contribution in [0.15, 0.2) is 45.3 Å². The van der Waals surface area contributed by atoms with Crippen molar-refractivity contribution in [1.29, 1.82) is 0 Å². The van der Waals surface area contributed by atoms with Crippen molar-refractivity contribution in [2.24, 2.45) is 0 Å². The van der Waals surface area contributed by atoms with E-state index in [1.54, 1.807) is 6.07 Å². The topological polar surface area (TPSA) is 35.5 Å². The second kappa shape index (κ2) is 7.70. The molecule has 0 N–H and O–H groups in total. The Balaban J connectivity index is 2.00. The molecule has 3 nitrogen and oxygen atoms in total. The first kappa shape index (κ1) is 19.0. The van der Waals surface area contributed by atoms with Crippen LogP contribution in [-0.4, -0.2) is 12.6 Å². The number of benzene rings is 2. The van der Waals surface area contributed by atoms with Crippen LogP contribution in [0.4, 0.5) is 0 Å². The smallest absolute Gasteiger partial charge is 0.349 e. The van der Waals surface area contributed by atoms with E-state index in [0.717, 1.165) is 20.1 Å². The van der Waals surface area contributed by atoms with Gasteiger partial charge in [-0.05, 0) is 79.6 Å². The van der Waals surface area contributed by atoms with E-state index < -0.39 is 5.97 Å². The summed E-state index contributed by atoms with van der Waals surface area (Å²) in [5.74, 6) is 0.644. The lowest BCUT2D eigenvalue weighted by atomic mass is 9.87. The van der Waals surface area contributed by atoms with Crippen LogP contribution in [0.25, 0.3) is 0 Å². The van der Waals surface area contributed by atoms with Crippen LogP contribution >= 0.6 is 31.9 Å². The van der Waals surface area contributed by atoms with Gasteiger partial charge in [0, 0.05) is 0 Å². The predicted octanol–water partition coefficient (Wildman–Crippen LogP) is 5.80. The summed E-state index contributed by atoms with van der Waals surface area (Å²) in [5, 5.41) is 0. The van der Waals surface area contributed by atoms with E-state index in [1.165, 1.54) is 0 Å². The lowest BCUT2D eigenvalue weighted by Crippen LogP contribution is -2.18. The van der Waals surface area contributed by atoms with Gasteiger partial charge in [-0.3, -0.25) is 0 Å². The Kier molecular flexibility index (Phi) is 6.10. The molecule has 128 valence electrons. The first-order chi connectivity index (χ1) is 11.2. The fraction of sp³-hybridized carbons (Fsp3) is 0.316. The third-order valence-corrected chi connectivity index (χ3v) is 4.69. The molecule has 0 atom stereocenters. The van der Waals surface area contributed by atoms with Crippen LogP contribution in [0.2, 0.25) is 0 Å². The zero-order chi connectivity index (χ0) is 17.9. The monoisotopic (exact) mass is 454 g/mol. The summed E-state index contributed by atoms with van der Waals surface area (Å²) in [7, 11) is 0. The van der Waals surface area contributed by atoms with E-state index in [4.69, 9.17) is 9.47 Å². The molecule has 0 aliphatic heterocycles. The first-order valence-electron chi connectivity index (χ1n) is 7.56. The van der Waals surface area contributed by atoms with Crippen LogP contribution in [0, 0.1) is 6.92 Å². The summed E-state index contributed by atoms with van der Waals surface area (Å²) in [5.41, 5.74) is 2.31. The van der Waals surface area contributed by atoms with Crippen molar-refractivity contribution in [2.45, 2.75) is 33.1 Å². The van der Waals surface area contributed by atoms with Gasteiger partial charge in [-0.15, -0.1) is 0 Å². The summed E-state index contributed by atoms with van der Waals surface area (Å²) in [6.45, 7) is 8.23. The normalized spacial score (nSPS) is 11.2. The molecule has 0 amide bonds. The largest absolute Gasteiger partial charge is 0.481 e. The fourth-order valence-electron chi connectivity index (χ4n) is 2.06. The summed E-state index contributed by atoms with van der Waals surface area (Å²) in [4.78, 5) is 12.0. The van der Waals surface area contributed by atoms with E-state index in [2.05, 4.69) is 52.6 Å². The summed E-state index contributed by atoms with van der Waals surface area (Å²) < 4.78 is 12.4. The molecule has 2 aromatic carbocycles. The van der Waals surface area contributed by atoms with Gasteiger partial charge in [-0.25, -0.2) is 4.79 Å². The van der Waals surface area contributed by atoms with Crippen molar-refractivity contribution in [3.63, 3.8) is 0 Å². The van der Waals surface area contributed by atoms with Gasteiger partial charge in [-0.2, -0.15) is 0 Å². The fourth-order valence-corrected chi connectivity index (χ4v) is 3.13. The summed E-state index contributed by atoms with van der Waals surface area (Å²) >= 11 is 6.88. The molecule has 0 spiro atoms. The van der Waals surface area contributed by atoms with Crippen LogP contribution in [-0.2, 0) is 10.2 Å². The van der Waals surface area contributed by atoms with Gasteiger partial charge < -0.3 is 9.47 Å². The maximum atomic E-state index is 12.0. The molecule has 2 rings (SSSR count). The van der Waals surface area contributed by atoms with Gasteiger partial charge in [-0.1, -0.05) is 32.9 Å². The minimum atomic E-state index is -0.452. The Hall–Kier alpha value is -1.33. The molecular formula is C19H20Br2O3. The minimum absolute atomic E-state index is 0.0336. The van der Waals surface area contributed by atoms with E-state index in [0.29, 0.717) is 11.5 Å². The highest BCUT2D eigenvalue weighted by Crippen LogP contribution is 2.31. The zero-order valence-corrected chi connectivity index (χ0v) is 17.3. The van der Waals surface area contributed by atoms with Crippen molar-refractivity contribution < 1.29 is 14.3 Å². The van der Waals surface area contributed by atoms with Crippen LogP contribution < -0.4 is 9.47 Å². The molecule has 0 saturated heterocycles. The Morgan fingerprint density at radius 3 is 2.21 bits per heavy atom. The maximum absolute atomic E-state index is 12.0. The summed E-state index contributed by atoms with van der Waals surface area (Å²) in [6.07, 6.45) is 0. The highest BCUT2D eigenvalue weighted by Gasteiger charge is 2.16. The average Bonchev–Trinajstić information content (AvgIpc) is 2.47. The molecule has 0 aliphatic carbocycles. The Bertz CT molecular complexity index is 749. The minimum Gasteiger partial charge on any atom is -0.481 e. The molecule has 0 aromatic heterocycles. The van der Waals surface area contributed by atoms with Gasteiger partial charge in [0.2, 0.25) is 0 Å². The van der Waals surface area contributed by atoms with Crippen LogP contribution in [0.5, 0.6) is 11.5 Å². The summed E-state index contributed by atoms with van der Waals surface area (Å²) in [6, 6.07) is 11.4. The van der Waals surface area contributed by atoms with Crippen LogP contribution in [0.1, 0.15) is 31.9 Å². The Labute approximate surface area is 159 Å². The van der Waals surface area contributed by atoms with Gasteiger partial charge >= 0.3 is 5.97 Å². The van der Waals surface area contributed by atoms with Gasteiger partial charge in [0.1, 0.15) is 11.5 Å². The molecule has 0 heterocycles. The number of halogens is 2. The molecule has 2 aromatic rings. The number of ether oxygens (including phenoxy) is 2. The third kappa shape index (κ3) is 5.08. The van der Waals surface area contributed by atoms with Crippen molar-refractivity contribution in [3.8, 4) is 11.5 Å². The molecule has 0 saturated carbocycles. The molecule has 5 heteroatoms. The number of carbonyl (C=O) groups is 1. The standard InChI is InChI=1S/C19H20Br2O3/c1-12-5-7-16(14(20)9-12)23-11-18(22)24-17-8-6-13(10-15(17)21)19(2,3)4/h5-10H,11H2,1-4H3. The Morgan fingerprint density at radius 1 is 1.00 bits per heavy atom. The molecule has 0 aliphatic rings. The predicted molar refractivity (Wildman–Crippen MR) is 103 cm³/mol. The van der Waals surface area contributed by atoms with Gasteiger partial charge in [0.25, 0.3) is 0 Å². The van der Waals surface area contributed by atoms with Gasteiger partial charge in [0.05, 0.1) is 8.95 Å². The number of rotatable bonds is 4. The van der Waals surface area contributed by atoms with Crippen molar-refractivity contribution in [2.75, 3.05) is 6.61 Å². The number of hydrogen-bond donors (Lipinski definition) is 0. The van der Waals surface area contributed by atoms with Crippen molar-refractivity contribution in [1.82, 2.24) is 0 Å². The molecule has 0 bridgehead atoms. The highest BCUT2D eigenvalue weighted by atomic mass is 79.9. The van der Waals surface area contributed by atoms with E-state index in [-0.39, 0.29) is 12.0 Å². The SMILES string of the molecule is Cc1ccc(OCC(=O)Oc2ccc(C(C)(C)C)cc2Br)c(Br)c1. The van der Waals surface area contributed by atoms with Crippen molar-refractivity contribution >= 4 is 37.8 Å². The lowest BCUT2D eigenvalue weighted by molar-refractivity contribution is -0.136. The van der Waals surface area contributed by atoms with Crippen molar-refractivity contribution in [3.05, 3.63) is 56.5 Å². The van der Waals surface area contributed by atoms with Gasteiger partial charge in [0.15, 0.2) is 6.61 Å². The number of esters is 1. The quantitative estimate of drug-likeness (QED) is 0.431. The second-order valence-corrected chi connectivity index (χ2v) is 8.30. The average molecular weight is 456 g/mol. The number of aryl methyl sites for hydroxylation is 1. The second-order valence-electron chi connectivity index (χ2n) is 6.59.